The summed E-state index contributed by atoms with van der Waals surface area (Å²) in [6.45, 7) is 7.99. The normalized spacial score (nSPS) is 10.6. The standard InChI is InChI=1S/C18H27N3O2/c1-4-10-20(12-13-22)14-18(23)21(11-6-9-19)17-8-5-7-15(2)16(17)3/h5,7-8,22H,4,6,10-14H2,1-3H3. The van der Waals surface area contributed by atoms with Crippen molar-refractivity contribution in [2.45, 2.75) is 33.6 Å². The Hall–Kier alpha value is -1.90. The quantitative estimate of drug-likeness (QED) is 0.758. The van der Waals surface area contributed by atoms with Gasteiger partial charge in [0.15, 0.2) is 0 Å². The van der Waals surface area contributed by atoms with Gasteiger partial charge in [-0.15, -0.1) is 0 Å². The second-order valence-corrected chi connectivity index (χ2v) is 5.67. The Morgan fingerprint density at radius 2 is 2.00 bits per heavy atom. The summed E-state index contributed by atoms with van der Waals surface area (Å²) < 4.78 is 0. The fraction of sp³-hybridized carbons (Fsp3) is 0.556. The highest BCUT2D eigenvalue weighted by atomic mass is 16.3. The van der Waals surface area contributed by atoms with Crippen LogP contribution in [0.25, 0.3) is 0 Å². The minimum Gasteiger partial charge on any atom is -0.395 e. The summed E-state index contributed by atoms with van der Waals surface area (Å²) in [6.07, 6.45) is 1.22. The van der Waals surface area contributed by atoms with Crippen LogP contribution in [0.3, 0.4) is 0 Å². The second-order valence-electron chi connectivity index (χ2n) is 5.67. The average molecular weight is 317 g/mol. The number of anilines is 1. The molecule has 0 aliphatic carbocycles. The first-order chi connectivity index (χ1) is 11.0. The van der Waals surface area contributed by atoms with Crippen LogP contribution in [0.2, 0.25) is 0 Å². The number of nitrogens with zero attached hydrogens (tertiary/aromatic N) is 3. The zero-order valence-electron chi connectivity index (χ0n) is 14.4. The summed E-state index contributed by atoms with van der Waals surface area (Å²) in [4.78, 5) is 16.4. The molecule has 1 amide bonds. The maximum absolute atomic E-state index is 12.8. The van der Waals surface area contributed by atoms with Gasteiger partial charge in [-0.3, -0.25) is 9.69 Å². The molecule has 0 aliphatic rings. The number of benzene rings is 1. The van der Waals surface area contributed by atoms with Crippen LogP contribution in [-0.2, 0) is 4.79 Å². The molecule has 0 unspecified atom stereocenters. The molecule has 0 radical (unpaired) electrons. The van der Waals surface area contributed by atoms with E-state index in [2.05, 4.69) is 6.07 Å². The lowest BCUT2D eigenvalue weighted by atomic mass is 10.1. The van der Waals surface area contributed by atoms with E-state index >= 15 is 0 Å². The Kier molecular flexibility index (Phi) is 8.31. The number of aryl methyl sites for hydroxylation is 1. The highest BCUT2D eigenvalue weighted by Gasteiger charge is 2.20. The van der Waals surface area contributed by atoms with Crippen molar-refractivity contribution < 1.29 is 9.90 Å². The van der Waals surface area contributed by atoms with Gasteiger partial charge in [-0.1, -0.05) is 19.1 Å². The Bertz CT molecular complexity index is 546. The molecule has 0 atom stereocenters. The van der Waals surface area contributed by atoms with Crippen molar-refractivity contribution in [3.8, 4) is 6.07 Å². The summed E-state index contributed by atoms with van der Waals surface area (Å²) in [6, 6.07) is 7.98. The van der Waals surface area contributed by atoms with Crippen molar-refractivity contribution in [3.63, 3.8) is 0 Å². The van der Waals surface area contributed by atoms with Crippen molar-refractivity contribution in [2.75, 3.05) is 37.7 Å². The third-order valence-corrected chi connectivity index (χ3v) is 3.93. The van der Waals surface area contributed by atoms with Crippen LogP contribution in [0.1, 0.15) is 30.9 Å². The number of rotatable bonds is 9. The van der Waals surface area contributed by atoms with Gasteiger partial charge in [0.2, 0.25) is 5.91 Å². The molecule has 5 heteroatoms. The van der Waals surface area contributed by atoms with Gasteiger partial charge in [-0.25, -0.2) is 0 Å². The van der Waals surface area contributed by atoms with Crippen LogP contribution >= 0.6 is 0 Å². The van der Waals surface area contributed by atoms with Crippen LogP contribution in [0.15, 0.2) is 18.2 Å². The lowest BCUT2D eigenvalue weighted by molar-refractivity contribution is -0.119. The molecular weight excluding hydrogens is 290 g/mol. The molecule has 0 saturated carbocycles. The van der Waals surface area contributed by atoms with Crippen molar-refractivity contribution in [1.29, 1.82) is 5.26 Å². The Morgan fingerprint density at radius 3 is 2.61 bits per heavy atom. The van der Waals surface area contributed by atoms with Gasteiger partial charge >= 0.3 is 0 Å². The molecule has 0 saturated heterocycles. The minimum absolute atomic E-state index is 0.0316. The lowest BCUT2D eigenvalue weighted by Crippen LogP contribution is -2.42. The van der Waals surface area contributed by atoms with Crippen LogP contribution < -0.4 is 4.90 Å². The lowest BCUT2D eigenvalue weighted by Gasteiger charge is -2.28. The van der Waals surface area contributed by atoms with Crippen molar-refractivity contribution in [3.05, 3.63) is 29.3 Å². The number of aliphatic hydroxyl groups is 1. The summed E-state index contributed by atoms with van der Waals surface area (Å²) in [5, 5.41) is 18.0. The topological polar surface area (TPSA) is 67.6 Å². The number of hydrogen-bond donors (Lipinski definition) is 1. The molecule has 1 aromatic rings. The van der Waals surface area contributed by atoms with Gasteiger partial charge in [0.25, 0.3) is 0 Å². The van der Waals surface area contributed by atoms with E-state index in [1.54, 1.807) is 4.90 Å². The highest BCUT2D eigenvalue weighted by molar-refractivity contribution is 5.95. The summed E-state index contributed by atoms with van der Waals surface area (Å²) in [5.74, 6) is -0.0316. The van der Waals surface area contributed by atoms with Crippen LogP contribution in [-0.4, -0.2) is 48.7 Å². The molecule has 5 nitrogen and oxygen atoms in total. The van der Waals surface area contributed by atoms with Crippen LogP contribution in [0.5, 0.6) is 0 Å². The maximum atomic E-state index is 12.8. The zero-order chi connectivity index (χ0) is 17.2. The fourth-order valence-electron chi connectivity index (χ4n) is 2.57. The monoisotopic (exact) mass is 317 g/mol. The first-order valence-electron chi connectivity index (χ1n) is 8.11. The molecule has 0 bridgehead atoms. The predicted octanol–water partition coefficient (Wildman–Crippen LogP) is 2.25. The molecule has 0 heterocycles. The number of aliphatic hydroxyl groups excluding tert-OH is 1. The molecule has 0 spiro atoms. The molecule has 1 N–H and O–H groups in total. The van der Waals surface area contributed by atoms with Gasteiger partial charge in [0.1, 0.15) is 0 Å². The molecule has 0 aromatic heterocycles. The molecule has 126 valence electrons. The number of nitriles is 1. The SMILES string of the molecule is CCCN(CCO)CC(=O)N(CCC#N)c1cccc(C)c1C. The summed E-state index contributed by atoms with van der Waals surface area (Å²) >= 11 is 0. The molecule has 0 aliphatic heterocycles. The Morgan fingerprint density at radius 1 is 1.26 bits per heavy atom. The molecular formula is C18H27N3O2. The van der Waals surface area contributed by atoms with Gasteiger partial charge in [0, 0.05) is 18.8 Å². The van der Waals surface area contributed by atoms with Crippen LogP contribution in [0.4, 0.5) is 5.69 Å². The molecule has 23 heavy (non-hydrogen) atoms. The second kappa shape index (κ2) is 9.98. The third-order valence-electron chi connectivity index (χ3n) is 3.93. The number of carbonyl (C=O) groups excluding carboxylic acids is 1. The molecule has 1 aromatic carbocycles. The first-order valence-corrected chi connectivity index (χ1v) is 8.11. The predicted molar refractivity (Wildman–Crippen MR) is 92.3 cm³/mol. The van der Waals surface area contributed by atoms with Gasteiger partial charge < -0.3 is 10.0 Å². The van der Waals surface area contributed by atoms with E-state index in [-0.39, 0.29) is 19.1 Å². The fourth-order valence-corrected chi connectivity index (χ4v) is 2.57. The van der Waals surface area contributed by atoms with Gasteiger partial charge in [-0.05, 0) is 44.0 Å². The average Bonchev–Trinajstić information content (AvgIpc) is 2.52. The minimum atomic E-state index is -0.0316. The van der Waals surface area contributed by atoms with E-state index < -0.39 is 0 Å². The van der Waals surface area contributed by atoms with E-state index in [4.69, 9.17) is 10.4 Å². The van der Waals surface area contributed by atoms with E-state index in [1.165, 1.54) is 0 Å². The van der Waals surface area contributed by atoms with Crippen molar-refractivity contribution in [2.24, 2.45) is 0 Å². The maximum Gasteiger partial charge on any atom is 0.241 e. The van der Waals surface area contributed by atoms with Crippen molar-refractivity contribution in [1.82, 2.24) is 4.90 Å². The number of carbonyl (C=O) groups is 1. The Labute approximate surface area is 139 Å². The molecule has 1 rings (SSSR count). The Balaban J connectivity index is 2.98. The number of hydrogen-bond acceptors (Lipinski definition) is 4. The van der Waals surface area contributed by atoms with E-state index in [0.717, 1.165) is 29.8 Å². The van der Waals surface area contributed by atoms with E-state index in [1.807, 2.05) is 43.9 Å². The van der Waals surface area contributed by atoms with E-state index in [9.17, 15) is 4.79 Å². The highest BCUT2D eigenvalue weighted by Crippen LogP contribution is 2.23. The van der Waals surface area contributed by atoms with Crippen molar-refractivity contribution >= 4 is 11.6 Å². The smallest absolute Gasteiger partial charge is 0.241 e. The van der Waals surface area contributed by atoms with E-state index in [0.29, 0.717) is 19.5 Å². The molecule has 0 fully saturated rings. The zero-order valence-corrected chi connectivity index (χ0v) is 14.4. The summed E-state index contributed by atoms with van der Waals surface area (Å²) in [5.41, 5.74) is 3.05. The first kappa shape index (κ1) is 19.1. The van der Waals surface area contributed by atoms with Gasteiger partial charge in [0.05, 0.1) is 25.6 Å². The third kappa shape index (κ3) is 5.66. The number of amides is 1. The summed E-state index contributed by atoms with van der Waals surface area (Å²) in [7, 11) is 0. The largest absolute Gasteiger partial charge is 0.395 e. The van der Waals surface area contributed by atoms with Crippen LogP contribution in [0, 0.1) is 25.2 Å². The van der Waals surface area contributed by atoms with Gasteiger partial charge in [-0.2, -0.15) is 5.26 Å².